The first kappa shape index (κ1) is 20.2. The molecule has 2 heterocycles. The number of piperazine rings is 1. The first-order valence-electron chi connectivity index (χ1n) is 9.17. The minimum Gasteiger partial charge on any atom is -0.373 e. The number of sulfonamides is 1. The van der Waals surface area contributed by atoms with Gasteiger partial charge in [0.15, 0.2) is 0 Å². The highest BCUT2D eigenvalue weighted by atomic mass is 32.2. The lowest BCUT2D eigenvalue weighted by Crippen LogP contribution is -2.54. The van der Waals surface area contributed by atoms with E-state index in [2.05, 4.69) is 4.90 Å². The molecule has 0 aromatic heterocycles. The van der Waals surface area contributed by atoms with Crippen LogP contribution in [-0.2, 0) is 19.6 Å². The summed E-state index contributed by atoms with van der Waals surface area (Å²) in [5.74, 6) is -0.466. The largest absolute Gasteiger partial charge is 0.373 e. The van der Waals surface area contributed by atoms with Crippen molar-refractivity contribution in [2.75, 3.05) is 45.8 Å². The summed E-state index contributed by atoms with van der Waals surface area (Å²) in [5.41, 5.74) is 0. The Bertz CT molecular complexity index is 753. The number of rotatable bonds is 4. The third kappa shape index (κ3) is 4.84. The normalized spacial score (nSPS) is 25.5. The molecule has 2 aliphatic rings. The Hall–Kier alpha value is -1.55. The van der Waals surface area contributed by atoms with E-state index in [0.717, 1.165) is 25.2 Å². The van der Waals surface area contributed by atoms with Crippen LogP contribution in [0.5, 0.6) is 0 Å². The van der Waals surface area contributed by atoms with Gasteiger partial charge < -0.3 is 9.64 Å². The highest BCUT2D eigenvalue weighted by Gasteiger charge is 2.31. The Morgan fingerprint density at radius 1 is 1.07 bits per heavy atom. The molecule has 0 N–H and O–H groups in total. The summed E-state index contributed by atoms with van der Waals surface area (Å²) < 4.78 is 45.3. The lowest BCUT2D eigenvalue weighted by Gasteiger charge is -2.38. The van der Waals surface area contributed by atoms with E-state index in [1.165, 1.54) is 16.4 Å². The van der Waals surface area contributed by atoms with E-state index in [-0.39, 0.29) is 36.1 Å². The maximum absolute atomic E-state index is 13.0. The van der Waals surface area contributed by atoms with E-state index < -0.39 is 15.8 Å². The fourth-order valence-corrected chi connectivity index (χ4v) is 5.06. The predicted molar refractivity (Wildman–Crippen MR) is 98.2 cm³/mol. The summed E-state index contributed by atoms with van der Waals surface area (Å²) in [6.07, 6.45) is 0.193. The van der Waals surface area contributed by atoms with Crippen LogP contribution in [0.4, 0.5) is 4.39 Å². The molecule has 1 aromatic carbocycles. The molecule has 9 heteroatoms. The maximum atomic E-state index is 13.0. The van der Waals surface area contributed by atoms with Gasteiger partial charge in [-0.15, -0.1) is 0 Å². The van der Waals surface area contributed by atoms with E-state index in [1.807, 2.05) is 13.8 Å². The van der Waals surface area contributed by atoms with Crippen LogP contribution >= 0.6 is 0 Å². The van der Waals surface area contributed by atoms with Crippen LogP contribution < -0.4 is 0 Å². The number of carbonyl (C=O) groups is 1. The molecule has 2 unspecified atom stereocenters. The average molecular weight is 399 g/mol. The number of carbonyl (C=O) groups excluding carboxylic acids is 1. The average Bonchev–Trinajstić information content (AvgIpc) is 2.61. The molecule has 0 spiro atoms. The van der Waals surface area contributed by atoms with E-state index >= 15 is 0 Å². The van der Waals surface area contributed by atoms with Crippen molar-refractivity contribution in [1.29, 1.82) is 0 Å². The summed E-state index contributed by atoms with van der Waals surface area (Å²) in [5, 5.41) is 0. The summed E-state index contributed by atoms with van der Waals surface area (Å²) in [7, 11) is -3.67. The zero-order valence-electron chi connectivity index (χ0n) is 15.7. The second kappa shape index (κ2) is 8.22. The summed E-state index contributed by atoms with van der Waals surface area (Å²) >= 11 is 0. The molecule has 2 saturated heterocycles. The van der Waals surface area contributed by atoms with Crippen molar-refractivity contribution in [3.63, 3.8) is 0 Å². The van der Waals surface area contributed by atoms with Crippen molar-refractivity contribution in [3.8, 4) is 0 Å². The topological polar surface area (TPSA) is 70.2 Å². The van der Waals surface area contributed by atoms with Crippen molar-refractivity contribution in [1.82, 2.24) is 14.1 Å². The number of morpholine rings is 1. The first-order chi connectivity index (χ1) is 12.8. The van der Waals surface area contributed by atoms with Gasteiger partial charge in [-0.25, -0.2) is 12.8 Å². The molecule has 27 heavy (non-hydrogen) atoms. The van der Waals surface area contributed by atoms with Gasteiger partial charge in [-0.2, -0.15) is 4.31 Å². The Kier molecular flexibility index (Phi) is 6.15. The molecule has 7 nitrogen and oxygen atoms in total. The van der Waals surface area contributed by atoms with Gasteiger partial charge in [0, 0.05) is 39.3 Å². The molecular weight excluding hydrogens is 373 g/mol. The standard InChI is InChI=1S/C18H26FN3O4S/c1-14-11-20(12-15(2)26-14)13-18(23)21-7-9-22(10-8-21)27(24,25)17-5-3-16(19)4-6-17/h3-6,14-15H,7-13H2,1-2H3. The lowest BCUT2D eigenvalue weighted by molar-refractivity contribution is -0.137. The molecule has 1 amide bonds. The van der Waals surface area contributed by atoms with Crippen LogP contribution in [0.2, 0.25) is 0 Å². The second-order valence-corrected chi connectivity index (χ2v) is 9.13. The third-order valence-corrected chi connectivity index (χ3v) is 6.81. The fraction of sp³-hybridized carbons (Fsp3) is 0.611. The van der Waals surface area contributed by atoms with Crippen molar-refractivity contribution >= 4 is 15.9 Å². The summed E-state index contributed by atoms with van der Waals surface area (Å²) in [6, 6.07) is 4.81. The van der Waals surface area contributed by atoms with Gasteiger partial charge in [-0.3, -0.25) is 9.69 Å². The molecule has 2 fully saturated rings. The molecule has 0 bridgehead atoms. The first-order valence-corrected chi connectivity index (χ1v) is 10.6. The molecule has 150 valence electrons. The predicted octanol–water partition coefficient (Wildman–Crippen LogP) is 0.768. The molecular formula is C18H26FN3O4S. The quantitative estimate of drug-likeness (QED) is 0.748. The van der Waals surface area contributed by atoms with Crippen LogP contribution in [0.3, 0.4) is 0 Å². The zero-order valence-corrected chi connectivity index (χ0v) is 16.5. The number of benzene rings is 1. The van der Waals surface area contributed by atoms with Gasteiger partial charge in [-0.05, 0) is 38.1 Å². The van der Waals surface area contributed by atoms with Gasteiger partial charge in [0.05, 0.1) is 23.6 Å². The van der Waals surface area contributed by atoms with Crippen molar-refractivity contribution < 1.29 is 22.3 Å². The summed E-state index contributed by atoms with van der Waals surface area (Å²) in [4.78, 5) is 16.4. The van der Waals surface area contributed by atoms with E-state index in [4.69, 9.17) is 4.74 Å². The molecule has 3 rings (SSSR count). The van der Waals surface area contributed by atoms with Gasteiger partial charge in [0.1, 0.15) is 5.82 Å². The lowest BCUT2D eigenvalue weighted by atomic mass is 10.2. The Morgan fingerprint density at radius 3 is 2.19 bits per heavy atom. The minimum atomic E-state index is -3.67. The van der Waals surface area contributed by atoms with E-state index in [9.17, 15) is 17.6 Å². The van der Waals surface area contributed by atoms with Crippen LogP contribution in [0.25, 0.3) is 0 Å². The van der Waals surface area contributed by atoms with Gasteiger partial charge in [-0.1, -0.05) is 0 Å². The number of nitrogens with zero attached hydrogens (tertiary/aromatic N) is 3. The smallest absolute Gasteiger partial charge is 0.243 e. The van der Waals surface area contributed by atoms with Crippen molar-refractivity contribution in [2.45, 2.75) is 31.0 Å². The van der Waals surface area contributed by atoms with Crippen molar-refractivity contribution in [2.24, 2.45) is 0 Å². The number of hydrogen-bond donors (Lipinski definition) is 0. The molecule has 2 aliphatic heterocycles. The SMILES string of the molecule is CC1CN(CC(=O)N2CCN(S(=O)(=O)c3ccc(F)cc3)CC2)CC(C)O1. The van der Waals surface area contributed by atoms with E-state index in [0.29, 0.717) is 19.6 Å². The number of ether oxygens (including phenoxy) is 1. The van der Waals surface area contributed by atoms with Crippen LogP contribution in [-0.4, -0.2) is 86.5 Å². The summed E-state index contributed by atoms with van der Waals surface area (Å²) in [6.45, 7) is 6.93. The minimum absolute atomic E-state index is 0.00938. The Balaban J connectivity index is 1.55. The Morgan fingerprint density at radius 2 is 1.63 bits per heavy atom. The fourth-order valence-electron chi connectivity index (χ4n) is 3.64. The highest BCUT2D eigenvalue weighted by molar-refractivity contribution is 7.89. The van der Waals surface area contributed by atoms with Gasteiger partial charge in [0.25, 0.3) is 0 Å². The molecule has 2 atom stereocenters. The molecule has 0 aliphatic carbocycles. The van der Waals surface area contributed by atoms with E-state index in [1.54, 1.807) is 4.90 Å². The zero-order chi connectivity index (χ0) is 19.6. The maximum Gasteiger partial charge on any atom is 0.243 e. The number of hydrogen-bond acceptors (Lipinski definition) is 5. The third-order valence-electron chi connectivity index (χ3n) is 4.90. The van der Waals surface area contributed by atoms with Crippen molar-refractivity contribution in [3.05, 3.63) is 30.1 Å². The molecule has 1 aromatic rings. The second-order valence-electron chi connectivity index (χ2n) is 7.19. The molecule has 0 saturated carbocycles. The van der Waals surface area contributed by atoms with Gasteiger partial charge >= 0.3 is 0 Å². The number of amides is 1. The Labute approximate surface area is 159 Å². The highest BCUT2D eigenvalue weighted by Crippen LogP contribution is 2.18. The van der Waals surface area contributed by atoms with Crippen LogP contribution in [0.15, 0.2) is 29.2 Å². The monoisotopic (exact) mass is 399 g/mol. The number of halogens is 1. The van der Waals surface area contributed by atoms with Crippen LogP contribution in [0.1, 0.15) is 13.8 Å². The molecule has 0 radical (unpaired) electrons. The van der Waals surface area contributed by atoms with Crippen LogP contribution in [0, 0.1) is 5.82 Å². The van der Waals surface area contributed by atoms with Gasteiger partial charge in [0.2, 0.25) is 15.9 Å².